The van der Waals surface area contributed by atoms with Gasteiger partial charge in [-0.3, -0.25) is 4.79 Å². The zero-order chi connectivity index (χ0) is 19.8. The van der Waals surface area contributed by atoms with Crippen LogP contribution in [0.5, 0.6) is 5.75 Å². The standard InChI is InChI=1S/C26H32O2/c1-3-5-20-6-8-21(9-7-20)22-10-12-23(13-11-22)24-14-16-26(17-15-24)28-19-18-25(27)4-2/h4,10-17,20-21H,2-3,5-9,18-19H2,1H3. The SMILES string of the molecule is C=CC(=O)CCOc1ccc(-c2ccc(C3CCC(CCC)CC3)cc2)cc1. The Bertz CT molecular complexity index is 750. The van der Waals surface area contributed by atoms with E-state index < -0.39 is 0 Å². The molecule has 3 rings (SSSR count). The van der Waals surface area contributed by atoms with Crippen molar-refractivity contribution < 1.29 is 9.53 Å². The van der Waals surface area contributed by atoms with Gasteiger partial charge in [-0.25, -0.2) is 0 Å². The molecule has 0 atom stereocenters. The third-order valence-electron chi connectivity index (χ3n) is 5.96. The van der Waals surface area contributed by atoms with Gasteiger partial charge in [-0.2, -0.15) is 0 Å². The van der Waals surface area contributed by atoms with Crippen molar-refractivity contribution in [1.29, 1.82) is 0 Å². The Kier molecular flexibility index (Phi) is 7.47. The number of carbonyl (C=O) groups is 1. The van der Waals surface area contributed by atoms with Gasteiger partial charge in [-0.1, -0.05) is 62.7 Å². The maximum atomic E-state index is 11.2. The monoisotopic (exact) mass is 376 g/mol. The molecule has 0 aromatic heterocycles. The van der Waals surface area contributed by atoms with E-state index in [2.05, 4.69) is 49.9 Å². The number of ketones is 1. The summed E-state index contributed by atoms with van der Waals surface area (Å²) in [6.07, 6.45) is 9.88. The normalized spacial score (nSPS) is 19.2. The van der Waals surface area contributed by atoms with Crippen LogP contribution in [-0.4, -0.2) is 12.4 Å². The smallest absolute Gasteiger partial charge is 0.158 e. The summed E-state index contributed by atoms with van der Waals surface area (Å²) >= 11 is 0. The zero-order valence-electron chi connectivity index (χ0n) is 17.0. The summed E-state index contributed by atoms with van der Waals surface area (Å²) in [4.78, 5) is 11.2. The Morgan fingerprint density at radius 3 is 2.18 bits per heavy atom. The number of rotatable bonds is 9. The summed E-state index contributed by atoms with van der Waals surface area (Å²) in [6, 6.07) is 17.2. The Labute approximate surface area is 169 Å². The summed E-state index contributed by atoms with van der Waals surface area (Å²) < 4.78 is 5.63. The highest BCUT2D eigenvalue weighted by Crippen LogP contribution is 2.38. The van der Waals surface area contributed by atoms with Gasteiger partial charge in [0.1, 0.15) is 5.75 Å². The van der Waals surface area contributed by atoms with Crippen molar-refractivity contribution in [1.82, 2.24) is 0 Å². The van der Waals surface area contributed by atoms with E-state index in [1.54, 1.807) is 0 Å². The molecule has 2 aromatic rings. The molecule has 0 N–H and O–H groups in total. The van der Waals surface area contributed by atoms with Gasteiger partial charge in [0.05, 0.1) is 6.61 Å². The third kappa shape index (κ3) is 5.58. The minimum absolute atomic E-state index is 0.00978. The average molecular weight is 377 g/mol. The van der Waals surface area contributed by atoms with Crippen LogP contribution in [0.3, 0.4) is 0 Å². The van der Waals surface area contributed by atoms with Gasteiger partial charge < -0.3 is 4.74 Å². The summed E-state index contributed by atoms with van der Waals surface area (Å²) in [5.74, 6) is 2.49. The first-order chi connectivity index (χ1) is 13.7. The summed E-state index contributed by atoms with van der Waals surface area (Å²) in [5, 5.41) is 0. The molecule has 0 radical (unpaired) electrons. The highest BCUT2D eigenvalue weighted by Gasteiger charge is 2.21. The topological polar surface area (TPSA) is 26.3 Å². The number of benzene rings is 2. The molecule has 1 saturated carbocycles. The van der Waals surface area contributed by atoms with Crippen molar-refractivity contribution in [2.24, 2.45) is 5.92 Å². The maximum absolute atomic E-state index is 11.2. The zero-order valence-corrected chi connectivity index (χ0v) is 17.0. The highest BCUT2D eigenvalue weighted by molar-refractivity contribution is 5.89. The van der Waals surface area contributed by atoms with Crippen LogP contribution in [0.25, 0.3) is 11.1 Å². The maximum Gasteiger partial charge on any atom is 0.158 e. The molecule has 0 spiro atoms. The largest absolute Gasteiger partial charge is 0.493 e. The molecule has 0 amide bonds. The Hall–Kier alpha value is -2.35. The van der Waals surface area contributed by atoms with Crippen molar-refractivity contribution in [3.8, 4) is 16.9 Å². The molecule has 2 heteroatoms. The van der Waals surface area contributed by atoms with E-state index >= 15 is 0 Å². The number of hydrogen-bond donors (Lipinski definition) is 0. The van der Waals surface area contributed by atoms with Crippen LogP contribution in [0.15, 0.2) is 61.2 Å². The van der Waals surface area contributed by atoms with Gasteiger partial charge in [0.2, 0.25) is 0 Å². The Morgan fingerprint density at radius 2 is 1.61 bits per heavy atom. The molecule has 148 valence electrons. The summed E-state index contributed by atoms with van der Waals surface area (Å²) in [6.45, 7) is 6.16. The van der Waals surface area contributed by atoms with Crippen LogP contribution in [0, 0.1) is 5.92 Å². The lowest BCUT2D eigenvalue weighted by molar-refractivity contribution is -0.115. The van der Waals surface area contributed by atoms with E-state index in [1.165, 1.54) is 61.3 Å². The van der Waals surface area contributed by atoms with Crippen LogP contribution < -0.4 is 4.74 Å². The first-order valence-corrected chi connectivity index (χ1v) is 10.7. The summed E-state index contributed by atoms with van der Waals surface area (Å²) in [5.41, 5.74) is 3.91. The molecule has 28 heavy (non-hydrogen) atoms. The fourth-order valence-corrected chi connectivity index (χ4v) is 4.26. The first-order valence-electron chi connectivity index (χ1n) is 10.7. The first kappa shape index (κ1) is 20.4. The van der Waals surface area contributed by atoms with E-state index in [0.717, 1.165) is 17.6 Å². The van der Waals surface area contributed by atoms with Crippen molar-refractivity contribution >= 4 is 5.78 Å². The van der Waals surface area contributed by atoms with Gasteiger partial charge >= 0.3 is 0 Å². The second-order valence-corrected chi connectivity index (χ2v) is 7.92. The Morgan fingerprint density at radius 1 is 1.00 bits per heavy atom. The summed E-state index contributed by atoms with van der Waals surface area (Å²) in [7, 11) is 0. The third-order valence-corrected chi connectivity index (χ3v) is 5.96. The highest BCUT2D eigenvalue weighted by atomic mass is 16.5. The van der Waals surface area contributed by atoms with Gasteiger partial charge in [0, 0.05) is 6.42 Å². The number of ether oxygens (including phenoxy) is 1. The Balaban J connectivity index is 1.55. The lowest BCUT2D eigenvalue weighted by Gasteiger charge is -2.28. The van der Waals surface area contributed by atoms with Crippen molar-refractivity contribution in [2.45, 2.75) is 57.8 Å². The van der Waals surface area contributed by atoms with E-state index in [-0.39, 0.29) is 5.78 Å². The lowest BCUT2D eigenvalue weighted by atomic mass is 9.77. The molecule has 0 aliphatic heterocycles. The molecule has 0 unspecified atom stereocenters. The molecular formula is C26H32O2. The molecular weight excluding hydrogens is 344 g/mol. The average Bonchev–Trinajstić information content (AvgIpc) is 2.75. The van der Waals surface area contributed by atoms with Gasteiger partial charge in [-0.15, -0.1) is 0 Å². The quantitative estimate of drug-likeness (QED) is 0.443. The number of hydrogen-bond acceptors (Lipinski definition) is 2. The van der Waals surface area contributed by atoms with E-state index in [1.807, 2.05) is 12.1 Å². The van der Waals surface area contributed by atoms with Crippen molar-refractivity contribution in [2.75, 3.05) is 6.61 Å². The second-order valence-electron chi connectivity index (χ2n) is 7.92. The lowest BCUT2D eigenvalue weighted by Crippen LogP contribution is -2.13. The number of carbonyl (C=O) groups excluding carboxylic acids is 1. The van der Waals surface area contributed by atoms with E-state index in [4.69, 9.17) is 4.74 Å². The number of allylic oxidation sites excluding steroid dienone is 1. The molecule has 1 fully saturated rings. The fraction of sp³-hybridized carbons (Fsp3) is 0.423. The molecule has 2 nitrogen and oxygen atoms in total. The molecule has 1 aliphatic rings. The van der Waals surface area contributed by atoms with Crippen LogP contribution in [-0.2, 0) is 4.79 Å². The molecule has 2 aromatic carbocycles. The van der Waals surface area contributed by atoms with Crippen LogP contribution in [0.4, 0.5) is 0 Å². The van der Waals surface area contributed by atoms with Crippen molar-refractivity contribution in [3.05, 3.63) is 66.7 Å². The van der Waals surface area contributed by atoms with Crippen LogP contribution in [0.2, 0.25) is 0 Å². The molecule has 0 heterocycles. The minimum atomic E-state index is 0.00978. The van der Waals surface area contributed by atoms with E-state index in [9.17, 15) is 4.79 Å². The van der Waals surface area contributed by atoms with Crippen LogP contribution in [0.1, 0.15) is 63.4 Å². The fourth-order valence-electron chi connectivity index (χ4n) is 4.26. The molecule has 1 aliphatic carbocycles. The van der Waals surface area contributed by atoms with Gasteiger partial charge in [0.15, 0.2) is 5.78 Å². The molecule has 0 saturated heterocycles. The van der Waals surface area contributed by atoms with Gasteiger partial charge in [-0.05, 0) is 72.4 Å². The minimum Gasteiger partial charge on any atom is -0.493 e. The van der Waals surface area contributed by atoms with E-state index in [0.29, 0.717) is 13.0 Å². The van der Waals surface area contributed by atoms with Gasteiger partial charge in [0.25, 0.3) is 0 Å². The predicted molar refractivity (Wildman–Crippen MR) is 117 cm³/mol. The second kappa shape index (κ2) is 10.3. The predicted octanol–water partition coefficient (Wildman–Crippen LogP) is 6.95. The van der Waals surface area contributed by atoms with Crippen molar-refractivity contribution in [3.63, 3.8) is 0 Å². The molecule has 0 bridgehead atoms. The van der Waals surface area contributed by atoms with Crippen LogP contribution >= 0.6 is 0 Å².